The highest BCUT2D eigenvalue weighted by Crippen LogP contribution is 2.36. The van der Waals surface area contributed by atoms with E-state index >= 15 is 0 Å². The summed E-state index contributed by atoms with van der Waals surface area (Å²) in [7, 11) is 0. The molecule has 0 spiro atoms. The van der Waals surface area contributed by atoms with Crippen molar-refractivity contribution in [2.45, 2.75) is 33.1 Å². The van der Waals surface area contributed by atoms with Crippen LogP contribution in [-0.4, -0.2) is 11.8 Å². The van der Waals surface area contributed by atoms with Gasteiger partial charge in [0.15, 0.2) is 0 Å². The van der Waals surface area contributed by atoms with Crippen LogP contribution in [0.2, 0.25) is 0 Å². The lowest BCUT2D eigenvalue weighted by molar-refractivity contribution is -0.145. The Hall–Kier alpha value is -1.90. The molecule has 1 aromatic rings. The molecule has 0 N–H and O–H groups in total. The molecule has 1 aromatic carbocycles. The predicted molar refractivity (Wildman–Crippen MR) is 66.9 cm³/mol. The van der Waals surface area contributed by atoms with Crippen molar-refractivity contribution < 1.29 is 14.3 Å². The Morgan fingerprint density at radius 2 is 1.78 bits per heavy atom. The standard InChI is InChI=1S/C15H14O3/c1-8-6-10-4-3-5-11-13(16)15(17)18-14(11)12(10)7-9(8)2/h6-7H,3-5H2,1-2H3. The molecule has 92 valence electrons. The highest BCUT2D eigenvalue weighted by atomic mass is 16.5. The SMILES string of the molecule is Cc1cc2c(cc1C)C1=C(CCC2)C(=O)C(=O)O1. The van der Waals surface area contributed by atoms with Crippen LogP contribution in [0.1, 0.15) is 35.1 Å². The molecule has 1 aliphatic carbocycles. The second-order valence-corrected chi connectivity index (χ2v) is 4.97. The minimum Gasteiger partial charge on any atom is -0.419 e. The average Bonchev–Trinajstić information content (AvgIpc) is 2.52. The average molecular weight is 242 g/mol. The number of aryl methyl sites for hydroxylation is 3. The number of hydrogen-bond donors (Lipinski definition) is 0. The number of carbonyl (C=O) groups excluding carboxylic acids is 2. The Labute approximate surface area is 105 Å². The van der Waals surface area contributed by atoms with Crippen molar-refractivity contribution in [2.75, 3.05) is 0 Å². The zero-order valence-electron chi connectivity index (χ0n) is 10.5. The smallest absolute Gasteiger partial charge is 0.384 e. The van der Waals surface area contributed by atoms with Crippen molar-refractivity contribution in [2.24, 2.45) is 0 Å². The summed E-state index contributed by atoms with van der Waals surface area (Å²) in [6.45, 7) is 4.10. The zero-order chi connectivity index (χ0) is 12.9. The molecule has 0 radical (unpaired) electrons. The van der Waals surface area contributed by atoms with Crippen LogP contribution < -0.4 is 0 Å². The normalized spacial score (nSPS) is 18.3. The van der Waals surface area contributed by atoms with Crippen LogP contribution in [0.3, 0.4) is 0 Å². The summed E-state index contributed by atoms with van der Waals surface area (Å²) in [6, 6.07) is 4.16. The van der Waals surface area contributed by atoms with Gasteiger partial charge in [-0.05, 0) is 55.9 Å². The van der Waals surface area contributed by atoms with Gasteiger partial charge >= 0.3 is 5.97 Å². The van der Waals surface area contributed by atoms with E-state index in [1.54, 1.807) is 0 Å². The van der Waals surface area contributed by atoms with Crippen molar-refractivity contribution in [3.8, 4) is 0 Å². The van der Waals surface area contributed by atoms with E-state index in [-0.39, 0.29) is 0 Å². The summed E-state index contributed by atoms with van der Waals surface area (Å²) in [5, 5.41) is 0. The Balaban J connectivity index is 2.23. The van der Waals surface area contributed by atoms with Gasteiger partial charge in [-0.25, -0.2) is 4.79 Å². The molecule has 18 heavy (non-hydrogen) atoms. The van der Waals surface area contributed by atoms with E-state index in [9.17, 15) is 9.59 Å². The van der Waals surface area contributed by atoms with Gasteiger partial charge in [-0.2, -0.15) is 0 Å². The Morgan fingerprint density at radius 1 is 1.06 bits per heavy atom. The predicted octanol–water partition coefficient (Wildman–Crippen LogP) is 2.48. The summed E-state index contributed by atoms with van der Waals surface area (Å²) >= 11 is 0. The Morgan fingerprint density at radius 3 is 2.56 bits per heavy atom. The topological polar surface area (TPSA) is 43.4 Å². The molecule has 0 bridgehead atoms. The van der Waals surface area contributed by atoms with Gasteiger partial charge in [0.25, 0.3) is 5.78 Å². The number of fused-ring (bicyclic) bond motifs is 2. The van der Waals surface area contributed by atoms with Crippen LogP contribution in [0.5, 0.6) is 0 Å². The lowest BCUT2D eigenvalue weighted by atomic mass is 9.97. The molecule has 0 unspecified atom stereocenters. The fourth-order valence-corrected chi connectivity index (χ4v) is 2.62. The summed E-state index contributed by atoms with van der Waals surface area (Å²) in [6.07, 6.45) is 2.44. The van der Waals surface area contributed by atoms with Crippen molar-refractivity contribution in [3.05, 3.63) is 40.0 Å². The minimum atomic E-state index is -0.730. The van der Waals surface area contributed by atoms with E-state index in [1.807, 2.05) is 13.0 Å². The minimum absolute atomic E-state index is 0.462. The van der Waals surface area contributed by atoms with Gasteiger partial charge in [-0.15, -0.1) is 0 Å². The monoisotopic (exact) mass is 242 g/mol. The van der Waals surface area contributed by atoms with Gasteiger partial charge < -0.3 is 4.74 Å². The van der Waals surface area contributed by atoms with Gasteiger partial charge in [0.1, 0.15) is 5.76 Å². The molecule has 3 nitrogen and oxygen atoms in total. The lowest BCUT2D eigenvalue weighted by Gasteiger charge is -2.11. The van der Waals surface area contributed by atoms with E-state index in [2.05, 4.69) is 13.0 Å². The number of Topliss-reactive ketones (excluding diaryl/α,β-unsaturated/α-hetero) is 1. The highest BCUT2D eigenvalue weighted by Gasteiger charge is 2.36. The zero-order valence-corrected chi connectivity index (χ0v) is 10.5. The number of hydrogen-bond acceptors (Lipinski definition) is 3. The Bertz CT molecular complexity index is 608. The van der Waals surface area contributed by atoms with Gasteiger partial charge in [-0.1, -0.05) is 6.07 Å². The molecular weight excluding hydrogens is 228 g/mol. The third kappa shape index (κ3) is 1.50. The highest BCUT2D eigenvalue weighted by molar-refractivity contribution is 6.45. The van der Waals surface area contributed by atoms with Crippen molar-refractivity contribution >= 4 is 17.5 Å². The van der Waals surface area contributed by atoms with E-state index in [0.29, 0.717) is 17.8 Å². The summed E-state index contributed by atoms with van der Waals surface area (Å²) < 4.78 is 5.17. The van der Waals surface area contributed by atoms with E-state index in [0.717, 1.165) is 24.0 Å². The first-order valence-electron chi connectivity index (χ1n) is 6.18. The van der Waals surface area contributed by atoms with Gasteiger partial charge in [-0.3, -0.25) is 4.79 Å². The summed E-state index contributed by atoms with van der Waals surface area (Å²) in [5.41, 5.74) is 5.03. The maximum absolute atomic E-state index is 11.7. The number of ketones is 1. The maximum Gasteiger partial charge on any atom is 0.384 e. The third-order valence-electron chi connectivity index (χ3n) is 3.77. The number of ether oxygens (including phenoxy) is 1. The second-order valence-electron chi connectivity index (χ2n) is 4.97. The summed E-state index contributed by atoms with van der Waals surface area (Å²) in [5.74, 6) is -0.692. The number of rotatable bonds is 0. The first-order chi connectivity index (χ1) is 8.58. The molecule has 3 rings (SSSR count). The first-order valence-corrected chi connectivity index (χ1v) is 6.18. The van der Waals surface area contributed by atoms with E-state index in [1.165, 1.54) is 11.1 Å². The van der Waals surface area contributed by atoms with E-state index < -0.39 is 11.8 Å². The van der Waals surface area contributed by atoms with Gasteiger partial charge in [0.2, 0.25) is 0 Å². The lowest BCUT2D eigenvalue weighted by Crippen LogP contribution is -2.10. The first kappa shape index (κ1) is 11.2. The van der Waals surface area contributed by atoms with Crippen molar-refractivity contribution in [3.63, 3.8) is 0 Å². The van der Waals surface area contributed by atoms with Gasteiger partial charge in [0, 0.05) is 5.56 Å². The van der Waals surface area contributed by atoms with Crippen LogP contribution in [-0.2, 0) is 20.7 Å². The third-order valence-corrected chi connectivity index (χ3v) is 3.77. The molecule has 3 heteroatoms. The van der Waals surface area contributed by atoms with Crippen LogP contribution in [0.15, 0.2) is 17.7 Å². The molecule has 1 aliphatic heterocycles. The molecule has 0 atom stereocenters. The molecule has 0 aromatic heterocycles. The van der Waals surface area contributed by atoms with Crippen LogP contribution in [0, 0.1) is 13.8 Å². The molecule has 0 saturated carbocycles. The molecule has 1 heterocycles. The molecular formula is C15H14O3. The molecule has 0 fully saturated rings. The second kappa shape index (κ2) is 3.80. The van der Waals surface area contributed by atoms with Crippen LogP contribution >= 0.6 is 0 Å². The van der Waals surface area contributed by atoms with Crippen LogP contribution in [0.25, 0.3) is 5.76 Å². The molecule has 0 saturated heterocycles. The summed E-state index contributed by atoms with van der Waals surface area (Å²) in [4.78, 5) is 23.1. The largest absolute Gasteiger partial charge is 0.419 e. The fourth-order valence-electron chi connectivity index (χ4n) is 2.62. The van der Waals surface area contributed by atoms with Gasteiger partial charge in [0.05, 0.1) is 5.57 Å². The van der Waals surface area contributed by atoms with Crippen molar-refractivity contribution in [1.82, 2.24) is 0 Å². The quantitative estimate of drug-likeness (QED) is 0.518. The maximum atomic E-state index is 11.7. The number of carbonyl (C=O) groups is 2. The number of benzene rings is 1. The van der Waals surface area contributed by atoms with Crippen molar-refractivity contribution in [1.29, 1.82) is 0 Å². The molecule has 2 aliphatic rings. The fraction of sp³-hybridized carbons (Fsp3) is 0.333. The van der Waals surface area contributed by atoms with E-state index in [4.69, 9.17) is 4.74 Å². The Kier molecular flexibility index (Phi) is 2.37. The van der Waals surface area contributed by atoms with Crippen LogP contribution in [0.4, 0.5) is 0 Å². The number of esters is 1. The molecule has 0 amide bonds.